The SMILES string of the molecule is COc1ccccc1NS(=O)(=O)c1ccc(NS(=O)(=O)c2ccc(C(C)(C)C)cc2)cc1. The van der Waals surface area contributed by atoms with Crippen LogP contribution in [0.4, 0.5) is 11.4 Å². The molecular formula is C23H26N2O5S2. The third kappa shape index (κ3) is 5.41. The lowest BCUT2D eigenvalue weighted by Gasteiger charge is -2.19. The topological polar surface area (TPSA) is 102 Å². The van der Waals surface area contributed by atoms with E-state index in [4.69, 9.17) is 4.74 Å². The minimum atomic E-state index is -3.88. The zero-order valence-electron chi connectivity index (χ0n) is 18.3. The quantitative estimate of drug-likeness (QED) is 0.521. The van der Waals surface area contributed by atoms with Crippen LogP contribution < -0.4 is 14.2 Å². The Kier molecular flexibility index (Phi) is 6.52. The van der Waals surface area contributed by atoms with Crippen molar-refractivity contribution in [2.24, 2.45) is 0 Å². The molecule has 3 rings (SSSR count). The number of anilines is 2. The van der Waals surface area contributed by atoms with Gasteiger partial charge in [-0.25, -0.2) is 16.8 Å². The zero-order chi connectivity index (χ0) is 23.6. The van der Waals surface area contributed by atoms with Gasteiger partial charge in [0.2, 0.25) is 0 Å². The van der Waals surface area contributed by atoms with E-state index in [-0.39, 0.29) is 20.9 Å². The highest BCUT2D eigenvalue weighted by molar-refractivity contribution is 7.93. The molecule has 0 amide bonds. The maximum atomic E-state index is 12.7. The maximum Gasteiger partial charge on any atom is 0.262 e. The molecule has 7 nitrogen and oxygen atoms in total. The molecule has 0 saturated heterocycles. The van der Waals surface area contributed by atoms with Gasteiger partial charge in [-0.3, -0.25) is 9.44 Å². The number of nitrogens with one attached hydrogen (secondary N) is 2. The molecule has 0 aromatic heterocycles. The molecule has 0 saturated carbocycles. The van der Waals surface area contributed by atoms with Crippen LogP contribution in [0.25, 0.3) is 0 Å². The van der Waals surface area contributed by atoms with Crippen LogP contribution in [0.5, 0.6) is 5.75 Å². The Morgan fingerprint density at radius 2 is 1.19 bits per heavy atom. The predicted molar refractivity (Wildman–Crippen MR) is 126 cm³/mol. The first kappa shape index (κ1) is 23.6. The Morgan fingerprint density at radius 1 is 0.688 bits per heavy atom. The van der Waals surface area contributed by atoms with E-state index in [2.05, 4.69) is 9.44 Å². The molecule has 9 heteroatoms. The van der Waals surface area contributed by atoms with Gasteiger partial charge in [0, 0.05) is 5.69 Å². The minimum absolute atomic E-state index is 0.0131. The smallest absolute Gasteiger partial charge is 0.262 e. The predicted octanol–water partition coefficient (Wildman–Crippen LogP) is 4.59. The van der Waals surface area contributed by atoms with Crippen LogP contribution in [0.3, 0.4) is 0 Å². The Bertz CT molecular complexity index is 1290. The van der Waals surface area contributed by atoms with E-state index >= 15 is 0 Å². The van der Waals surface area contributed by atoms with E-state index < -0.39 is 20.0 Å². The minimum Gasteiger partial charge on any atom is -0.495 e. The molecule has 0 bridgehead atoms. The fourth-order valence-electron chi connectivity index (χ4n) is 2.98. The van der Waals surface area contributed by atoms with Crippen molar-refractivity contribution in [3.05, 3.63) is 78.4 Å². The highest BCUT2D eigenvalue weighted by atomic mass is 32.2. The van der Waals surface area contributed by atoms with Crippen LogP contribution in [0.1, 0.15) is 26.3 Å². The zero-order valence-corrected chi connectivity index (χ0v) is 19.9. The summed E-state index contributed by atoms with van der Waals surface area (Å²) < 4.78 is 60.9. The molecule has 0 aliphatic carbocycles. The second kappa shape index (κ2) is 8.84. The first-order valence-electron chi connectivity index (χ1n) is 9.82. The summed E-state index contributed by atoms with van der Waals surface area (Å²) in [6, 6.07) is 18.8. The monoisotopic (exact) mass is 474 g/mol. The van der Waals surface area contributed by atoms with Crippen molar-refractivity contribution in [1.82, 2.24) is 0 Å². The van der Waals surface area contributed by atoms with Crippen molar-refractivity contribution < 1.29 is 21.6 Å². The van der Waals surface area contributed by atoms with E-state index in [1.807, 2.05) is 20.8 Å². The number of benzene rings is 3. The number of rotatable bonds is 7. The molecule has 0 fully saturated rings. The summed E-state index contributed by atoms with van der Waals surface area (Å²) in [7, 11) is -6.25. The Morgan fingerprint density at radius 3 is 1.72 bits per heavy atom. The van der Waals surface area contributed by atoms with Crippen LogP contribution in [0, 0.1) is 0 Å². The molecule has 0 aliphatic rings. The molecule has 0 aliphatic heterocycles. The average Bonchev–Trinajstić information content (AvgIpc) is 2.73. The number of ether oxygens (including phenoxy) is 1. The molecular weight excluding hydrogens is 448 g/mol. The van der Waals surface area contributed by atoms with Crippen molar-refractivity contribution in [1.29, 1.82) is 0 Å². The van der Waals surface area contributed by atoms with E-state index in [9.17, 15) is 16.8 Å². The molecule has 0 atom stereocenters. The van der Waals surface area contributed by atoms with Gasteiger partial charge in [-0.05, 0) is 59.5 Å². The molecule has 2 N–H and O–H groups in total. The number of sulfonamides is 2. The summed E-state index contributed by atoms with van der Waals surface area (Å²) in [4.78, 5) is 0.112. The highest BCUT2D eigenvalue weighted by Crippen LogP contribution is 2.27. The normalized spacial score (nSPS) is 12.2. The van der Waals surface area contributed by atoms with Crippen LogP contribution in [-0.4, -0.2) is 23.9 Å². The van der Waals surface area contributed by atoms with Gasteiger partial charge in [0.15, 0.2) is 0 Å². The van der Waals surface area contributed by atoms with Crippen LogP contribution in [0.2, 0.25) is 0 Å². The van der Waals surface area contributed by atoms with Gasteiger partial charge in [0.1, 0.15) is 5.75 Å². The van der Waals surface area contributed by atoms with Gasteiger partial charge in [0.05, 0.1) is 22.6 Å². The summed E-state index contributed by atoms with van der Waals surface area (Å²) in [5.74, 6) is 0.387. The number of hydrogen-bond acceptors (Lipinski definition) is 5. The van der Waals surface area contributed by atoms with Gasteiger partial charge in [-0.1, -0.05) is 45.0 Å². The van der Waals surface area contributed by atoms with Crippen LogP contribution in [0.15, 0.2) is 82.6 Å². The lowest BCUT2D eigenvalue weighted by molar-refractivity contribution is 0.417. The summed E-state index contributed by atoms with van der Waals surface area (Å²) >= 11 is 0. The molecule has 0 unspecified atom stereocenters. The number of para-hydroxylation sites is 2. The Balaban J connectivity index is 1.78. The summed E-state index contributed by atoms with van der Waals surface area (Å²) in [6.45, 7) is 6.15. The van der Waals surface area contributed by atoms with Crippen molar-refractivity contribution in [2.45, 2.75) is 36.0 Å². The number of methoxy groups -OCH3 is 1. The summed E-state index contributed by atoms with van der Waals surface area (Å²) in [5, 5.41) is 0. The van der Waals surface area contributed by atoms with Gasteiger partial charge in [-0.2, -0.15) is 0 Å². The van der Waals surface area contributed by atoms with Gasteiger partial charge in [-0.15, -0.1) is 0 Å². The Labute approximate surface area is 189 Å². The van der Waals surface area contributed by atoms with Crippen molar-refractivity contribution in [2.75, 3.05) is 16.6 Å². The lowest BCUT2D eigenvalue weighted by Crippen LogP contribution is -2.15. The van der Waals surface area contributed by atoms with Crippen molar-refractivity contribution >= 4 is 31.4 Å². The molecule has 0 radical (unpaired) electrons. The lowest BCUT2D eigenvalue weighted by atomic mass is 9.87. The van der Waals surface area contributed by atoms with Crippen LogP contribution >= 0.6 is 0 Å². The Hall–Kier alpha value is -3.04. The maximum absolute atomic E-state index is 12.7. The van der Waals surface area contributed by atoms with Crippen molar-refractivity contribution in [3.63, 3.8) is 0 Å². The number of hydrogen-bond donors (Lipinski definition) is 2. The fourth-order valence-corrected chi connectivity index (χ4v) is 5.11. The van der Waals surface area contributed by atoms with E-state index in [0.717, 1.165) is 5.56 Å². The van der Waals surface area contributed by atoms with E-state index in [1.165, 1.54) is 31.4 Å². The van der Waals surface area contributed by atoms with E-state index in [0.29, 0.717) is 11.4 Å². The highest BCUT2D eigenvalue weighted by Gasteiger charge is 2.19. The van der Waals surface area contributed by atoms with Crippen LogP contribution in [-0.2, 0) is 25.5 Å². The third-order valence-corrected chi connectivity index (χ3v) is 7.58. The molecule has 3 aromatic carbocycles. The fraction of sp³-hybridized carbons (Fsp3) is 0.217. The molecule has 3 aromatic rings. The molecule has 170 valence electrons. The summed E-state index contributed by atoms with van der Waals surface area (Å²) in [5.41, 5.74) is 1.49. The van der Waals surface area contributed by atoms with Gasteiger partial charge < -0.3 is 4.74 Å². The standard InChI is InChI=1S/C23H26N2O5S2/c1-23(2,3)17-9-13-19(14-10-17)31(26,27)24-18-11-15-20(16-12-18)32(28,29)25-21-7-5-6-8-22(21)30-4/h5-16,24-25H,1-4H3. The summed E-state index contributed by atoms with van der Waals surface area (Å²) in [6.07, 6.45) is 0. The average molecular weight is 475 g/mol. The third-order valence-electron chi connectivity index (χ3n) is 4.80. The first-order chi connectivity index (χ1) is 14.9. The first-order valence-corrected chi connectivity index (χ1v) is 12.8. The van der Waals surface area contributed by atoms with Gasteiger partial charge >= 0.3 is 0 Å². The largest absolute Gasteiger partial charge is 0.495 e. The molecule has 0 heterocycles. The van der Waals surface area contributed by atoms with Crippen molar-refractivity contribution in [3.8, 4) is 5.75 Å². The van der Waals surface area contributed by atoms with Gasteiger partial charge in [0.25, 0.3) is 20.0 Å². The molecule has 32 heavy (non-hydrogen) atoms. The van der Waals surface area contributed by atoms with E-state index in [1.54, 1.807) is 48.5 Å². The second-order valence-corrected chi connectivity index (χ2v) is 11.6. The molecule has 0 spiro atoms. The second-order valence-electron chi connectivity index (χ2n) is 8.21.